The van der Waals surface area contributed by atoms with Crippen molar-refractivity contribution in [3.8, 4) is 11.5 Å². The average Bonchev–Trinajstić information content (AvgIpc) is 2.76. The average molecular weight is 298 g/mol. The molecule has 1 aromatic rings. The fourth-order valence-corrected chi connectivity index (χ4v) is 3.52. The molecule has 1 aliphatic carbocycles. The molecule has 0 saturated heterocycles. The Bertz CT molecular complexity index is 441. The molecule has 1 heterocycles. The van der Waals surface area contributed by atoms with Gasteiger partial charge in [-0.05, 0) is 25.0 Å². The molecule has 92 valence electrons. The van der Waals surface area contributed by atoms with E-state index < -0.39 is 0 Å². The van der Waals surface area contributed by atoms with Gasteiger partial charge in [-0.1, -0.05) is 28.8 Å². The van der Waals surface area contributed by atoms with Crippen molar-refractivity contribution in [2.75, 3.05) is 13.2 Å². The smallest absolute Gasteiger partial charge is 0.167 e. The Morgan fingerprint density at radius 3 is 2.59 bits per heavy atom. The van der Waals surface area contributed by atoms with Crippen molar-refractivity contribution >= 4 is 15.9 Å². The van der Waals surface area contributed by atoms with Gasteiger partial charge in [-0.25, -0.2) is 0 Å². The molecule has 3 rings (SSSR count). The van der Waals surface area contributed by atoms with E-state index in [4.69, 9.17) is 15.2 Å². The van der Waals surface area contributed by atoms with Crippen LogP contribution >= 0.6 is 15.9 Å². The summed E-state index contributed by atoms with van der Waals surface area (Å²) in [7, 11) is 0. The number of nitrogens with two attached hydrogens (primary N) is 1. The van der Waals surface area contributed by atoms with Crippen LogP contribution in [-0.4, -0.2) is 13.2 Å². The predicted octanol–water partition coefficient (Wildman–Crippen LogP) is 2.95. The third-order valence-corrected chi connectivity index (χ3v) is 4.31. The lowest BCUT2D eigenvalue weighted by molar-refractivity contribution is 0.166. The van der Waals surface area contributed by atoms with E-state index in [-0.39, 0.29) is 5.54 Å². The summed E-state index contributed by atoms with van der Waals surface area (Å²) in [5, 5.41) is 0. The first-order valence-corrected chi connectivity index (χ1v) is 6.87. The number of fused-ring (bicyclic) bond motifs is 1. The van der Waals surface area contributed by atoms with Gasteiger partial charge in [0, 0.05) is 15.6 Å². The molecule has 1 saturated carbocycles. The molecule has 17 heavy (non-hydrogen) atoms. The molecule has 0 unspecified atom stereocenters. The van der Waals surface area contributed by atoms with E-state index in [1.54, 1.807) is 0 Å². The van der Waals surface area contributed by atoms with E-state index in [2.05, 4.69) is 15.9 Å². The highest BCUT2D eigenvalue weighted by molar-refractivity contribution is 9.10. The lowest BCUT2D eigenvalue weighted by Crippen LogP contribution is -2.35. The monoisotopic (exact) mass is 297 g/mol. The molecule has 4 heteroatoms. The van der Waals surface area contributed by atoms with Gasteiger partial charge in [-0.15, -0.1) is 0 Å². The van der Waals surface area contributed by atoms with Gasteiger partial charge in [-0.3, -0.25) is 0 Å². The number of benzene rings is 1. The van der Waals surface area contributed by atoms with Crippen molar-refractivity contribution in [1.82, 2.24) is 0 Å². The highest BCUT2D eigenvalue weighted by Crippen LogP contribution is 2.48. The van der Waals surface area contributed by atoms with Crippen LogP contribution in [0.5, 0.6) is 11.5 Å². The van der Waals surface area contributed by atoms with Gasteiger partial charge in [0.25, 0.3) is 0 Å². The lowest BCUT2D eigenvalue weighted by atomic mass is 9.88. The van der Waals surface area contributed by atoms with E-state index in [1.165, 1.54) is 12.8 Å². The van der Waals surface area contributed by atoms with E-state index >= 15 is 0 Å². The van der Waals surface area contributed by atoms with Crippen LogP contribution in [0.15, 0.2) is 16.6 Å². The molecule has 0 bridgehead atoms. The first-order chi connectivity index (χ1) is 8.21. The van der Waals surface area contributed by atoms with Gasteiger partial charge in [0.2, 0.25) is 0 Å². The zero-order valence-corrected chi connectivity index (χ0v) is 11.3. The molecule has 0 amide bonds. The van der Waals surface area contributed by atoms with Crippen molar-refractivity contribution in [1.29, 1.82) is 0 Å². The summed E-state index contributed by atoms with van der Waals surface area (Å²) < 4.78 is 12.4. The molecule has 2 N–H and O–H groups in total. The Morgan fingerprint density at radius 1 is 1.12 bits per heavy atom. The largest absolute Gasteiger partial charge is 0.486 e. The molecular formula is C13H16BrNO2. The molecule has 2 aliphatic rings. The lowest BCUT2D eigenvalue weighted by Gasteiger charge is -2.30. The zero-order chi connectivity index (χ0) is 11.9. The summed E-state index contributed by atoms with van der Waals surface area (Å²) in [6, 6.07) is 3.95. The Morgan fingerprint density at radius 2 is 1.82 bits per heavy atom. The molecule has 1 fully saturated rings. The van der Waals surface area contributed by atoms with Crippen molar-refractivity contribution < 1.29 is 9.47 Å². The summed E-state index contributed by atoms with van der Waals surface area (Å²) >= 11 is 3.61. The third-order valence-electron chi connectivity index (χ3n) is 3.65. The van der Waals surface area contributed by atoms with Crippen LogP contribution in [0.25, 0.3) is 0 Å². The summed E-state index contributed by atoms with van der Waals surface area (Å²) in [6.07, 6.45) is 4.41. The number of rotatable bonds is 1. The highest BCUT2D eigenvalue weighted by atomic mass is 79.9. The first kappa shape index (κ1) is 11.4. The predicted molar refractivity (Wildman–Crippen MR) is 69.5 cm³/mol. The van der Waals surface area contributed by atoms with Gasteiger partial charge < -0.3 is 15.2 Å². The summed E-state index contributed by atoms with van der Waals surface area (Å²) in [5.41, 5.74) is 7.37. The van der Waals surface area contributed by atoms with Crippen LogP contribution in [0.2, 0.25) is 0 Å². The standard InChI is InChI=1S/C13H16BrNO2/c14-9-3-4-10-12(17-8-7-16-10)11(9)13(15)5-1-2-6-13/h3-4H,1-2,5-8,15H2. The fraction of sp³-hybridized carbons (Fsp3) is 0.538. The number of hydrogen-bond acceptors (Lipinski definition) is 3. The van der Waals surface area contributed by atoms with Crippen molar-refractivity contribution in [2.24, 2.45) is 5.73 Å². The quantitative estimate of drug-likeness (QED) is 0.867. The second-order valence-electron chi connectivity index (χ2n) is 4.81. The van der Waals surface area contributed by atoms with E-state index in [9.17, 15) is 0 Å². The van der Waals surface area contributed by atoms with Gasteiger partial charge in [0.15, 0.2) is 11.5 Å². The number of hydrogen-bond donors (Lipinski definition) is 1. The normalized spacial score (nSPS) is 21.5. The van der Waals surface area contributed by atoms with Crippen LogP contribution in [0, 0.1) is 0 Å². The van der Waals surface area contributed by atoms with E-state index in [0.29, 0.717) is 13.2 Å². The van der Waals surface area contributed by atoms with Gasteiger partial charge in [-0.2, -0.15) is 0 Å². The first-order valence-electron chi connectivity index (χ1n) is 6.08. The number of halogens is 1. The molecule has 3 nitrogen and oxygen atoms in total. The topological polar surface area (TPSA) is 44.5 Å². The molecule has 1 aliphatic heterocycles. The van der Waals surface area contributed by atoms with Crippen LogP contribution in [0.1, 0.15) is 31.2 Å². The van der Waals surface area contributed by atoms with Gasteiger partial charge in [0.1, 0.15) is 13.2 Å². The molecule has 0 radical (unpaired) electrons. The zero-order valence-electron chi connectivity index (χ0n) is 9.67. The van der Waals surface area contributed by atoms with Crippen LogP contribution in [-0.2, 0) is 5.54 Å². The maximum atomic E-state index is 6.54. The fourth-order valence-electron chi connectivity index (χ4n) is 2.81. The molecule has 0 atom stereocenters. The maximum absolute atomic E-state index is 6.54. The van der Waals surface area contributed by atoms with Crippen molar-refractivity contribution in [3.63, 3.8) is 0 Å². The molecule has 1 aromatic carbocycles. The minimum Gasteiger partial charge on any atom is -0.486 e. The highest BCUT2D eigenvalue weighted by Gasteiger charge is 2.37. The molecule has 0 aromatic heterocycles. The summed E-state index contributed by atoms with van der Waals surface area (Å²) in [6.45, 7) is 1.22. The van der Waals surface area contributed by atoms with E-state index in [0.717, 1.165) is 34.4 Å². The van der Waals surface area contributed by atoms with Gasteiger partial charge >= 0.3 is 0 Å². The second-order valence-corrected chi connectivity index (χ2v) is 5.66. The Hall–Kier alpha value is -0.740. The SMILES string of the molecule is NC1(c2c(Br)ccc3c2OCCO3)CCCC1. The minimum atomic E-state index is -0.259. The second kappa shape index (κ2) is 4.18. The summed E-state index contributed by atoms with van der Waals surface area (Å²) in [4.78, 5) is 0. The van der Waals surface area contributed by atoms with Crippen LogP contribution in [0.3, 0.4) is 0 Å². The third kappa shape index (κ3) is 1.83. The Kier molecular flexibility index (Phi) is 2.79. The minimum absolute atomic E-state index is 0.259. The van der Waals surface area contributed by atoms with Crippen molar-refractivity contribution in [3.05, 3.63) is 22.2 Å². The summed E-state index contributed by atoms with van der Waals surface area (Å²) in [5.74, 6) is 1.67. The molecular weight excluding hydrogens is 282 g/mol. The maximum Gasteiger partial charge on any atom is 0.167 e. The van der Waals surface area contributed by atoms with E-state index in [1.807, 2.05) is 12.1 Å². The van der Waals surface area contributed by atoms with Crippen LogP contribution in [0.4, 0.5) is 0 Å². The van der Waals surface area contributed by atoms with Gasteiger partial charge in [0.05, 0.1) is 0 Å². The molecule has 0 spiro atoms. The van der Waals surface area contributed by atoms with Crippen molar-refractivity contribution in [2.45, 2.75) is 31.2 Å². The Balaban J connectivity index is 2.14. The Labute approximate surface area is 109 Å². The van der Waals surface area contributed by atoms with Crippen LogP contribution < -0.4 is 15.2 Å². The number of ether oxygens (including phenoxy) is 2.